The van der Waals surface area contributed by atoms with Gasteiger partial charge in [0.2, 0.25) is 0 Å². The number of alkyl halides is 3. The Labute approximate surface area is 98.4 Å². The van der Waals surface area contributed by atoms with Crippen LogP contribution in [0.15, 0.2) is 22.8 Å². The third-order valence-corrected chi connectivity index (χ3v) is 2.57. The minimum Gasteiger partial charge on any atom is -0.468 e. The Morgan fingerprint density at radius 2 is 2.12 bits per heavy atom. The van der Waals surface area contributed by atoms with Crippen LogP contribution in [0, 0.1) is 0 Å². The Morgan fingerprint density at radius 3 is 2.47 bits per heavy atom. The standard InChI is InChI=1S/C11H17F3N2O/c1-3-16(7-9-5-4-6-17-9)10(8(2)15)11(12,13)14/h4-6,8,10H,3,7,15H2,1-2H3. The fourth-order valence-electron chi connectivity index (χ4n) is 1.85. The molecule has 0 amide bonds. The molecule has 0 saturated carbocycles. The molecule has 0 aliphatic rings. The van der Waals surface area contributed by atoms with Gasteiger partial charge in [-0.3, -0.25) is 4.90 Å². The van der Waals surface area contributed by atoms with Gasteiger partial charge in [0.05, 0.1) is 12.8 Å². The summed E-state index contributed by atoms with van der Waals surface area (Å²) in [6.45, 7) is 3.40. The van der Waals surface area contributed by atoms with E-state index in [4.69, 9.17) is 10.2 Å². The SMILES string of the molecule is CCN(Cc1ccco1)C(C(C)N)C(F)(F)F. The molecule has 0 radical (unpaired) electrons. The molecule has 0 aliphatic heterocycles. The van der Waals surface area contributed by atoms with E-state index in [1.165, 1.54) is 18.1 Å². The molecular weight excluding hydrogens is 233 g/mol. The minimum atomic E-state index is -4.34. The van der Waals surface area contributed by atoms with Gasteiger partial charge in [0.15, 0.2) is 0 Å². The Morgan fingerprint density at radius 1 is 1.47 bits per heavy atom. The maximum atomic E-state index is 12.9. The molecule has 17 heavy (non-hydrogen) atoms. The van der Waals surface area contributed by atoms with Crippen molar-refractivity contribution in [2.45, 2.75) is 38.7 Å². The summed E-state index contributed by atoms with van der Waals surface area (Å²) in [5, 5.41) is 0. The average Bonchev–Trinajstić information content (AvgIpc) is 2.66. The smallest absolute Gasteiger partial charge is 0.405 e. The topological polar surface area (TPSA) is 42.4 Å². The Kier molecular flexibility index (Phi) is 4.59. The summed E-state index contributed by atoms with van der Waals surface area (Å²) < 4.78 is 43.7. The molecule has 98 valence electrons. The van der Waals surface area contributed by atoms with Crippen molar-refractivity contribution in [3.63, 3.8) is 0 Å². The molecule has 0 saturated heterocycles. The van der Waals surface area contributed by atoms with E-state index in [0.29, 0.717) is 5.76 Å². The molecule has 0 aliphatic carbocycles. The first-order chi connectivity index (χ1) is 7.86. The van der Waals surface area contributed by atoms with Crippen molar-refractivity contribution in [1.29, 1.82) is 0 Å². The zero-order valence-corrected chi connectivity index (χ0v) is 9.87. The van der Waals surface area contributed by atoms with Crippen LogP contribution in [0.1, 0.15) is 19.6 Å². The summed E-state index contributed by atoms with van der Waals surface area (Å²) in [6, 6.07) is 0.664. The first-order valence-corrected chi connectivity index (χ1v) is 5.45. The molecular formula is C11H17F3N2O. The molecule has 1 aromatic rings. The second kappa shape index (κ2) is 5.55. The quantitative estimate of drug-likeness (QED) is 0.872. The highest BCUT2D eigenvalue weighted by Crippen LogP contribution is 2.27. The third-order valence-electron chi connectivity index (χ3n) is 2.57. The second-order valence-electron chi connectivity index (χ2n) is 3.99. The van der Waals surface area contributed by atoms with Crippen LogP contribution in [0.25, 0.3) is 0 Å². The van der Waals surface area contributed by atoms with Crippen LogP contribution in [-0.2, 0) is 6.54 Å². The van der Waals surface area contributed by atoms with Gasteiger partial charge in [0.25, 0.3) is 0 Å². The van der Waals surface area contributed by atoms with Crippen LogP contribution in [-0.4, -0.2) is 29.7 Å². The van der Waals surface area contributed by atoms with Gasteiger partial charge >= 0.3 is 6.18 Å². The van der Waals surface area contributed by atoms with Crippen molar-refractivity contribution < 1.29 is 17.6 Å². The number of nitrogens with two attached hydrogens (primary N) is 1. The lowest BCUT2D eigenvalue weighted by Crippen LogP contribution is -2.54. The summed E-state index contributed by atoms with van der Waals surface area (Å²) in [4.78, 5) is 1.27. The number of halogens is 3. The minimum absolute atomic E-state index is 0.106. The van der Waals surface area contributed by atoms with Gasteiger partial charge in [0, 0.05) is 6.04 Å². The van der Waals surface area contributed by atoms with Gasteiger partial charge in [-0.05, 0) is 25.6 Å². The fourth-order valence-corrected chi connectivity index (χ4v) is 1.85. The average molecular weight is 250 g/mol. The van der Waals surface area contributed by atoms with Crippen LogP contribution >= 0.6 is 0 Å². The predicted molar refractivity (Wildman–Crippen MR) is 58.3 cm³/mol. The lowest BCUT2D eigenvalue weighted by Gasteiger charge is -2.34. The summed E-state index contributed by atoms with van der Waals surface area (Å²) in [5.41, 5.74) is 5.44. The van der Waals surface area contributed by atoms with Gasteiger partial charge in [-0.1, -0.05) is 6.92 Å². The number of likely N-dealkylation sites (N-methyl/N-ethyl adjacent to an activating group) is 1. The molecule has 6 heteroatoms. The molecule has 1 heterocycles. The first kappa shape index (κ1) is 14.1. The van der Waals surface area contributed by atoms with Crippen molar-refractivity contribution in [1.82, 2.24) is 4.90 Å². The van der Waals surface area contributed by atoms with Crippen molar-refractivity contribution >= 4 is 0 Å². The predicted octanol–water partition coefficient (Wildman–Crippen LogP) is 2.38. The number of hydrogen-bond acceptors (Lipinski definition) is 3. The molecule has 2 atom stereocenters. The van der Waals surface area contributed by atoms with Crippen LogP contribution in [0.4, 0.5) is 13.2 Å². The van der Waals surface area contributed by atoms with Crippen molar-refractivity contribution in [3.05, 3.63) is 24.2 Å². The highest BCUT2D eigenvalue weighted by molar-refractivity contribution is 4.99. The van der Waals surface area contributed by atoms with E-state index >= 15 is 0 Å². The summed E-state index contributed by atoms with van der Waals surface area (Å²) in [7, 11) is 0. The van der Waals surface area contributed by atoms with E-state index < -0.39 is 18.3 Å². The van der Waals surface area contributed by atoms with E-state index in [9.17, 15) is 13.2 Å². The van der Waals surface area contributed by atoms with Crippen LogP contribution in [0.5, 0.6) is 0 Å². The van der Waals surface area contributed by atoms with Gasteiger partial charge in [-0.25, -0.2) is 0 Å². The van der Waals surface area contributed by atoms with Gasteiger partial charge in [-0.2, -0.15) is 13.2 Å². The fraction of sp³-hybridized carbons (Fsp3) is 0.636. The second-order valence-corrected chi connectivity index (χ2v) is 3.99. The Hall–Kier alpha value is -1.01. The van der Waals surface area contributed by atoms with Crippen LogP contribution < -0.4 is 5.73 Å². The van der Waals surface area contributed by atoms with E-state index in [1.807, 2.05) is 0 Å². The number of nitrogens with zero attached hydrogens (tertiary/aromatic N) is 1. The monoisotopic (exact) mass is 250 g/mol. The molecule has 0 spiro atoms. The maximum Gasteiger partial charge on any atom is 0.405 e. The van der Waals surface area contributed by atoms with Crippen molar-refractivity contribution in [2.24, 2.45) is 5.73 Å². The molecule has 0 fully saturated rings. The molecule has 0 aromatic carbocycles. The lowest BCUT2D eigenvalue weighted by atomic mass is 10.1. The molecule has 2 unspecified atom stereocenters. The van der Waals surface area contributed by atoms with Crippen molar-refractivity contribution in [2.75, 3.05) is 6.54 Å². The summed E-state index contributed by atoms with van der Waals surface area (Å²) in [5.74, 6) is 0.502. The molecule has 3 nitrogen and oxygen atoms in total. The van der Waals surface area contributed by atoms with Crippen LogP contribution in [0.2, 0.25) is 0 Å². The first-order valence-electron chi connectivity index (χ1n) is 5.45. The van der Waals surface area contributed by atoms with E-state index in [2.05, 4.69) is 0 Å². The molecule has 1 aromatic heterocycles. The lowest BCUT2D eigenvalue weighted by molar-refractivity contribution is -0.189. The zero-order valence-electron chi connectivity index (χ0n) is 9.87. The van der Waals surface area contributed by atoms with Gasteiger partial charge < -0.3 is 10.2 Å². The van der Waals surface area contributed by atoms with E-state index in [1.54, 1.807) is 19.1 Å². The van der Waals surface area contributed by atoms with Gasteiger partial charge in [0.1, 0.15) is 11.8 Å². The van der Waals surface area contributed by atoms with Gasteiger partial charge in [-0.15, -0.1) is 0 Å². The largest absolute Gasteiger partial charge is 0.468 e. The summed E-state index contributed by atoms with van der Waals surface area (Å²) in [6.07, 6.45) is -2.89. The number of hydrogen-bond donors (Lipinski definition) is 1. The maximum absolute atomic E-state index is 12.9. The van der Waals surface area contributed by atoms with Crippen LogP contribution in [0.3, 0.4) is 0 Å². The molecule has 0 bridgehead atoms. The van der Waals surface area contributed by atoms with E-state index in [0.717, 1.165) is 0 Å². The Balaban J connectivity index is 2.82. The highest BCUT2D eigenvalue weighted by atomic mass is 19.4. The Bertz CT molecular complexity index is 322. The zero-order chi connectivity index (χ0) is 13.1. The molecule has 2 N–H and O–H groups in total. The van der Waals surface area contributed by atoms with E-state index in [-0.39, 0.29) is 13.1 Å². The van der Waals surface area contributed by atoms with Crippen molar-refractivity contribution in [3.8, 4) is 0 Å². The number of furan rings is 1. The normalized spacial score (nSPS) is 16.2. The third kappa shape index (κ3) is 3.74. The highest BCUT2D eigenvalue weighted by Gasteiger charge is 2.45. The molecule has 1 rings (SSSR count). The number of rotatable bonds is 5. The summed E-state index contributed by atoms with van der Waals surface area (Å²) >= 11 is 0.